The second kappa shape index (κ2) is 4.82. The Balaban J connectivity index is 2.72. The number of aryl methyl sites for hydroxylation is 1. The van der Waals surface area contributed by atoms with Crippen LogP contribution in [0.2, 0.25) is 0 Å². The molecule has 0 atom stereocenters. The third-order valence-corrected chi connectivity index (χ3v) is 4.24. The molecule has 3 nitrogen and oxygen atoms in total. The predicted octanol–water partition coefficient (Wildman–Crippen LogP) is 3.62. The Hall–Kier alpha value is -1.19. The van der Waals surface area contributed by atoms with E-state index >= 15 is 0 Å². The first-order valence-corrected chi connectivity index (χ1v) is 6.47. The van der Waals surface area contributed by atoms with Gasteiger partial charge in [-0.05, 0) is 53.7 Å². The highest BCUT2D eigenvalue weighted by Crippen LogP contribution is 2.52. The van der Waals surface area contributed by atoms with Crippen LogP contribution in [0.3, 0.4) is 0 Å². The molecule has 1 aromatic rings. The van der Waals surface area contributed by atoms with Crippen LogP contribution in [0.15, 0.2) is 15.5 Å². The number of hydrogen-bond acceptors (Lipinski definition) is 3. The van der Waals surface area contributed by atoms with Crippen molar-refractivity contribution in [2.75, 3.05) is 7.11 Å². The van der Waals surface area contributed by atoms with E-state index in [9.17, 15) is 9.18 Å². The number of ether oxygens (including phenoxy) is 1. The molecule has 0 aromatic heterocycles. The summed E-state index contributed by atoms with van der Waals surface area (Å²) >= 11 is 3.24. The second-order valence-electron chi connectivity index (χ2n) is 4.49. The fraction of sp³-hybridized carbons (Fsp3) is 0.462. The van der Waals surface area contributed by atoms with Crippen molar-refractivity contribution in [2.45, 2.75) is 31.7 Å². The van der Waals surface area contributed by atoms with Crippen LogP contribution in [-0.4, -0.2) is 13.2 Å². The first kappa shape index (κ1) is 13.2. The first-order chi connectivity index (χ1) is 8.55. The molecule has 0 spiro atoms. The molecule has 96 valence electrons. The predicted molar refractivity (Wildman–Crippen MR) is 69.0 cm³/mol. The summed E-state index contributed by atoms with van der Waals surface area (Å²) in [5, 5.41) is 0. The molecule has 0 bridgehead atoms. The number of halogens is 2. The Morgan fingerprint density at radius 2 is 2.22 bits per heavy atom. The third kappa shape index (κ3) is 1.88. The minimum Gasteiger partial charge on any atom is -0.496 e. The molecule has 0 radical (unpaired) electrons. The van der Waals surface area contributed by atoms with Crippen LogP contribution in [0.1, 0.15) is 30.4 Å². The number of nitrogens with zero attached hydrogens (tertiary/aromatic N) is 1. The molecule has 0 heterocycles. The van der Waals surface area contributed by atoms with Gasteiger partial charge < -0.3 is 4.74 Å². The van der Waals surface area contributed by atoms with Crippen molar-refractivity contribution >= 4 is 22.0 Å². The SMILES string of the molecule is COc1c(C)cc(F)c(Br)c1C1(N=C=O)CCC1. The smallest absolute Gasteiger partial charge is 0.235 e. The highest BCUT2D eigenvalue weighted by molar-refractivity contribution is 9.10. The molecular formula is C13H13BrFNO2. The Labute approximate surface area is 113 Å². The lowest BCUT2D eigenvalue weighted by Crippen LogP contribution is -2.33. The van der Waals surface area contributed by atoms with Gasteiger partial charge in [0.25, 0.3) is 0 Å². The molecule has 2 rings (SSSR count). The third-order valence-electron chi connectivity index (χ3n) is 3.47. The van der Waals surface area contributed by atoms with E-state index in [1.165, 1.54) is 13.2 Å². The number of aliphatic imine (C=N–C) groups is 1. The minimum atomic E-state index is -0.682. The summed E-state index contributed by atoms with van der Waals surface area (Å²) in [6.45, 7) is 1.77. The van der Waals surface area contributed by atoms with Crippen LogP contribution >= 0.6 is 15.9 Å². The van der Waals surface area contributed by atoms with Gasteiger partial charge in [0.05, 0.1) is 11.6 Å². The maximum absolute atomic E-state index is 13.8. The van der Waals surface area contributed by atoms with Crippen LogP contribution in [-0.2, 0) is 10.3 Å². The molecular weight excluding hydrogens is 301 g/mol. The number of methoxy groups -OCH3 is 1. The van der Waals surface area contributed by atoms with E-state index in [4.69, 9.17) is 4.74 Å². The maximum atomic E-state index is 13.8. The van der Waals surface area contributed by atoms with Gasteiger partial charge >= 0.3 is 0 Å². The second-order valence-corrected chi connectivity index (χ2v) is 5.28. The van der Waals surface area contributed by atoms with Gasteiger partial charge in [-0.25, -0.2) is 9.18 Å². The molecule has 0 aliphatic heterocycles. The fourth-order valence-electron chi connectivity index (χ4n) is 2.43. The normalized spacial score (nSPS) is 16.7. The summed E-state index contributed by atoms with van der Waals surface area (Å²) in [5.74, 6) is 0.220. The lowest BCUT2D eigenvalue weighted by atomic mass is 9.71. The summed E-state index contributed by atoms with van der Waals surface area (Å²) in [5.41, 5.74) is 0.636. The van der Waals surface area contributed by atoms with E-state index in [1.807, 2.05) is 0 Å². The highest BCUT2D eigenvalue weighted by Gasteiger charge is 2.43. The quantitative estimate of drug-likeness (QED) is 0.631. The Kier molecular flexibility index (Phi) is 3.55. The van der Waals surface area contributed by atoms with E-state index in [2.05, 4.69) is 20.9 Å². The molecule has 0 saturated heterocycles. The van der Waals surface area contributed by atoms with Gasteiger partial charge in [0, 0.05) is 5.56 Å². The van der Waals surface area contributed by atoms with Crippen molar-refractivity contribution in [3.8, 4) is 5.75 Å². The highest BCUT2D eigenvalue weighted by atomic mass is 79.9. The molecule has 1 fully saturated rings. The molecule has 5 heteroatoms. The van der Waals surface area contributed by atoms with E-state index in [1.54, 1.807) is 13.0 Å². The van der Waals surface area contributed by atoms with Crippen molar-refractivity contribution in [3.63, 3.8) is 0 Å². The Morgan fingerprint density at radius 3 is 2.67 bits per heavy atom. The first-order valence-electron chi connectivity index (χ1n) is 5.68. The van der Waals surface area contributed by atoms with Crippen molar-refractivity contribution in [2.24, 2.45) is 4.99 Å². The van der Waals surface area contributed by atoms with Crippen LogP contribution in [0.4, 0.5) is 4.39 Å². The van der Waals surface area contributed by atoms with Crippen LogP contribution in [0.25, 0.3) is 0 Å². The van der Waals surface area contributed by atoms with E-state index in [0.717, 1.165) is 6.42 Å². The van der Waals surface area contributed by atoms with Crippen molar-refractivity contribution in [3.05, 3.63) is 27.5 Å². The standard InChI is InChI=1S/C13H13BrFNO2/c1-8-6-9(15)11(14)10(12(8)18-2)13(16-7-17)4-3-5-13/h6H,3-5H2,1-2H3. The molecule has 1 aliphatic carbocycles. The topological polar surface area (TPSA) is 38.7 Å². The molecule has 1 aromatic carbocycles. The number of carbonyl (C=O) groups excluding carboxylic acids is 1. The van der Waals surface area contributed by atoms with E-state index < -0.39 is 5.54 Å². The molecule has 0 N–H and O–H groups in total. The van der Waals surface area contributed by atoms with Gasteiger partial charge in [-0.3, -0.25) is 0 Å². The Bertz CT molecular complexity index is 534. The van der Waals surface area contributed by atoms with Crippen LogP contribution in [0.5, 0.6) is 5.75 Å². The van der Waals surface area contributed by atoms with Gasteiger partial charge in [0.2, 0.25) is 6.08 Å². The lowest BCUT2D eigenvalue weighted by molar-refractivity contribution is 0.243. The van der Waals surface area contributed by atoms with Gasteiger partial charge in [0.15, 0.2) is 0 Å². The van der Waals surface area contributed by atoms with E-state index in [-0.39, 0.29) is 5.82 Å². The number of benzene rings is 1. The summed E-state index contributed by atoms with van der Waals surface area (Å²) in [7, 11) is 1.53. The van der Waals surface area contributed by atoms with Crippen molar-refractivity contribution in [1.82, 2.24) is 0 Å². The van der Waals surface area contributed by atoms with E-state index in [0.29, 0.717) is 34.2 Å². The summed E-state index contributed by atoms with van der Waals surface area (Å²) in [4.78, 5) is 14.5. The van der Waals surface area contributed by atoms with Gasteiger partial charge in [-0.1, -0.05) is 0 Å². The molecule has 1 aliphatic rings. The van der Waals surface area contributed by atoms with Crippen LogP contribution in [0, 0.1) is 12.7 Å². The largest absolute Gasteiger partial charge is 0.496 e. The molecule has 0 unspecified atom stereocenters. The lowest BCUT2D eigenvalue weighted by Gasteiger charge is -2.38. The van der Waals surface area contributed by atoms with Crippen LogP contribution < -0.4 is 4.74 Å². The van der Waals surface area contributed by atoms with Gasteiger partial charge in [0.1, 0.15) is 17.1 Å². The summed E-state index contributed by atoms with van der Waals surface area (Å²) in [6, 6.07) is 1.41. The monoisotopic (exact) mass is 313 g/mol. The molecule has 1 saturated carbocycles. The zero-order chi connectivity index (χ0) is 13.3. The molecule has 18 heavy (non-hydrogen) atoms. The van der Waals surface area contributed by atoms with Crippen molar-refractivity contribution < 1.29 is 13.9 Å². The molecule has 0 amide bonds. The van der Waals surface area contributed by atoms with Gasteiger partial charge in [-0.2, -0.15) is 4.99 Å². The zero-order valence-electron chi connectivity index (χ0n) is 10.2. The minimum absolute atomic E-state index is 0.323. The summed E-state index contributed by atoms with van der Waals surface area (Å²) < 4.78 is 19.5. The fourth-order valence-corrected chi connectivity index (χ4v) is 3.09. The summed E-state index contributed by atoms with van der Waals surface area (Å²) in [6.07, 6.45) is 3.97. The average Bonchev–Trinajstić information content (AvgIpc) is 2.28. The average molecular weight is 314 g/mol. The number of isocyanates is 1. The number of hydrogen-bond donors (Lipinski definition) is 0. The number of rotatable bonds is 3. The Morgan fingerprint density at radius 1 is 1.56 bits per heavy atom. The maximum Gasteiger partial charge on any atom is 0.235 e. The van der Waals surface area contributed by atoms with Gasteiger partial charge in [-0.15, -0.1) is 0 Å². The van der Waals surface area contributed by atoms with Crippen molar-refractivity contribution in [1.29, 1.82) is 0 Å². The zero-order valence-corrected chi connectivity index (χ0v) is 11.8.